The number of anilines is 1. The van der Waals surface area contributed by atoms with Gasteiger partial charge in [-0.3, -0.25) is 24.1 Å². The Balaban J connectivity index is 1.94. The van der Waals surface area contributed by atoms with E-state index < -0.39 is 12.0 Å². The first kappa shape index (κ1) is 27.3. The Morgan fingerprint density at radius 3 is 2.38 bits per heavy atom. The average Bonchev–Trinajstić information content (AvgIpc) is 2.81. The van der Waals surface area contributed by atoms with Crippen LogP contribution in [0.15, 0.2) is 24.3 Å². The van der Waals surface area contributed by atoms with Gasteiger partial charge in [0.25, 0.3) is 5.91 Å². The van der Waals surface area contributed by atoms with E-state index in [0.29, 0.717) is 44.0 Å². The first-order valence-corrected chi connectivity index (χ1v) is 12.3. The molecule has 0 bridgehead atoms. The summed E-state index contributed by atoms with van der Waals surface area (Å²) in [5.74, 6) is -1.04. The quantitative estimate of drug-likeness (QED) is 0.336. The number of esters is 1. The Morgan fingerprint density at radius 1 is 1.09 bits per heavy atom. The van der Waals surface area contributed by atoms with Crippen molar-refractivity contribution in [3.63, 3.8) is 0 Å². The lowest BCUT2D eigenvalue weighted by Gasteiger charge is -2.33. The Morgan fingerprint density at radius 2 is 1.76 bits per heavy atom. The molecule has 2 N–H and O–H groups in total. The number of piperazine rings is 1. The fraction of sp³-hybridized carbons (Fsp3) is 0.600. The minimum atomic E-state index is -0.739. The molecule has 9 heteroatoms. The molecule has 2 rings (SSSR count). The van der Waals surface area contributed by atoms with Gasteiger partial charge < -0.3 is 20.3 Å². The van der Waals surface area contributed by atoms with Gasteiger partial charge >= 0.3 is 5.97 Å². The van der Waals surface area contributed by atoms with Crippen LogP contribution in [0.3, 0.4) is 0 Å². The smallest absolute Gasteiger partial charge is 0.307 e. The van der Waals surface area contributed by atoms with E-state index in [1.807, 2.05) is 25.7 Å². The van der Waals surface area contributed by atoms with Crippen molar-refractivity contribution in [3.05, 3.63) is 29.8 Å². The largest absolute Gasteiger partial charge is 0.466 e. The van der Waals surface area contributed by atoms with E-state index in [4.69, 9.17) is 4.74 Å². The standard InChI is InChI=1S/C25H38N4O5/c1-4-7-16-34-23(31)17-21-24(32)26-12-15-29(21)18-22(30)27-20-10-8-19(9-11-20)25(33)28(13-5-2)14-6-3/h8-11,21H,4-7,12-18H2,1-3H3,(H,26,32)(H,27,30). The van der Waals surface area contributed by atoms with Crippen LogP contribution in [0.5, 0.6) is 0 Å². The molecule has 1 heterocycles. The molecule has 1 aliphatic heterocycles. The second-order valence-electron chi connectivity index (χ2n) is 8.47. The molecule has 1 unspecified atom stereocenters. The minimum absolute atomic E-state index is 0.0189. The summed E-state index contributed by atoms with van der Waals surface area (Å²) >= 11 is 0. The van der Waals surface area contributed by atoms with Crippen molar-refractivity contribution < 1.29 is 23.9 Å². The molecule has 1 saturated heterocycles. The van der Waals surface area contributed by atoms with E-state index in [9.17, 15) is 19.2 Å². The van der Waals surface area contributed by atoms with Crippen molar-refractivity contribution in [1.82, 2.24) is 15.1 Å². The molecule has 34 heavy (non-hydrogen) atoms. The molecule has 3 amide bonds. The second-order valence-corrected chi connectivity index (χ2v) is 8.47. The molecular formula is C25H38N4O5. The maximum Gasteiger partial charge on any atom is 0.307 e. The average molecular weight is 475 g/mol. The van der Waals surface area contributed by atoms with Crippen molar-refractivity contribution in [3.8, 4) is 0 Å². The molecule has 9 nitrogen and oxygen atoms in total. The first-order valence-electron chi connectivity index (χ1n) is 12.3. The van der Waals surface area contributed by atoms with Crippen LogP contribution in [0.25, 0.3) is 0 Å². The fourth-order valence-corrected chi connectivity index (χ4v) is 3.84. The van der Waals surface area contributed by atoms with E-state index in [1.54, 1.807) is 29.2 Å². The SMILES string of the molecule is CCCCOC(=O)CC1C(=O)NCCN1CC(=O)Nc1ccc(C(=O)N(CCC)CCC)cc1. The monoisotopic (exact) mass is 474 g/mol. The van der Waals surface area contributed by atoms with Gasteiger partial charge in [-0.25, -0.2) is 0 Å². The first-order chi connectivity index (χ1) is 16.4. The number of rotatable bonds is 13. The van der Waals surface area contributed by atoms with Gasteiger partial charge in [0.05, 0.1) is 19.6 Å². The van der Waals surface area contributed by atoms with Gasteiger partial charge in [0, 0.05) is 37.4 Å². The highest BCUT2D eigenvalue weighted by Gasteiger charge is 2.33. The molecule has 1 aromatic carbocycles. The summed E-state index contributed by atoms with van der Waals surface area (Å²) in [6.07, 6.45) is 3.38. The summed E-state index contributed by atoms with van der Waals surface area (Å²) in [7, 11) is 0. The zero-order valence-electron chi connectivity index (χ0n) is 20.6. The molecule has 1 fully saturated rings. The minimum Gasteiger partial charge on any atom is -0.466 e. The summed E-state index contributed by atoms with van der Waals surface area (Å²) in [4.78, 5) is 53.3. The van der Waals surface area contributed by atoms with Crippen LogP contribution < -0.4 is 10.6 Å². The fourth-order valence-electron chi connectivity index (χ4n) is 3.84. The van der Waals surface area contributed by atoms with Gasteiger partial charge in [0.15, 0.2) is 0 Å². The van der Waals surface area contributed by atoms with Crippen molar-refractivity contribution in [2.75, 3.05) is 44.6 Å². The molecule has 1 aromatic rings. The Bertz CT molecular complexity index is 821. The molecule has 1 atom stereocenters. The van der Waals surface area contributed by atoms with Crippen LogP contribution in [-0.2, 0) is 19.1 Å². The van der Waals surface area contributed by atoms with Crippen molar-refractivity contribution in [1.29, 1.82) is 0 Å². The van der Waals surface area contributed by atoms with Crippen LogP contribution in [0.1, 0.15) is 63.2 Å². The summed E-state index contributed by atoms with van der Waals surface area (Å²) in [5.41, 5.74) is 1.14. The summed E-state index contributed by atoms with van der Waals surface area (Å²) in [5, 5.41) is 5.56. The molecule has 0 aliphatic carbocycles. The number of nitrogens with zero attached hydrogens (tertiary/aromatic N) is 2. The van der Waals surface area contributed by atoms with E-state index >= 15 is 0 Å². The van der Waals surface area contributed by atoms with Gasteiger partial charge in [-0.1, -0.05) is 27.2 Å². The van der Waals surface area contributed by atoms with Crippen molar-refractivity contribution >= 4 is 29.4 Å². The second kappa shape index (κ2) is 14.3. The Labute approximate surface area is 202 Å². The number of unbranched alkanes of at least 4 members (excludes halogenated alkanes) is 1. The molecule has 0 aromatic heterocycles. The molecule has 188 valence electrons. The molecular weight excluding hydrogens is 436 g/mol. The Kier molecular flexibility index (Phi) is 11.5. The number of nitrogens with one attached hydrogen (secondary N) is 2. The van der Waals surface area contributed by atoms with E-state index in [-0.39, 0.29) is 30.7 Å². The number of ether oxygens (including phenoxy) is 1. The predicted molar refractivity (Wildman–Crippen MR) is 130 cm³/mol. The number of hydrogen-bond acceptors (Lipinski definition) is 6. The maximum atomic E-state index is 12.7. The van der Waals surface area contributed by atoms with Crippen molar-refractivity contribution in [2.24, 2.45) is 0 Å². The lowest BCUT2D eigenvalue weighted by Crippen LogP contribution is -2.57. The number of amides is 3. The van der Waals surface area contributed by atoms with Crippen LogP contribution in [0, 0.1) is 0 Å². The molecule has 0 radical (unpaired) electrons. The van der Waals surface area contributed by atoms with Gasteiger partial charge in [-0.2, -0.15) is 0 Å². The van der Waals surface area contributed by atoms with Gasteiger partial charge in [-0.15, -0.1) is 0 Å². The zero-order valence-corrected chi connectivity index (χ0v) is 20.6. The summed E-state index contributed by atoms with van der Waals surface area (Å²) in [6, 6.07) is 6.08. The van der Waals surface area contributed by atoms with E-state index in [0.717, 1.165) is 25.7 Å². The van der Waals surface area contributed by atoms with E-state index in [1.165, 1.54) is 0 Å². The maximum absolute atomic E-state index is 12.7. The number of hydrogen-bond donors (Lipinski definition) is 2. The normalized spacial score (nSPS) is 16.0. The van der Waals surface area contributed by atoms with Crippen LogP contribution in [0.2, 0.25) is 0 Å². The number of benzene rings is 1. The van der Waals surface area contributed by atoms with Gasteiger partial charge in [-0.05, 0) is 43.5 Å². The van der Waals surface area contributed by atoms with E-state index in [2.05, 4.69) is 10.6 Å². The topological polar surface area (TPSA) is 108 Å². The predicted octanol–water partition coefficient (Wildman–Crippen LogP) is 2.42. The van der Waals surface area contributed by atoms with Crippen LogP contribution >= 0.6 is 0 Å². The summed E-state index contributed by atoms with van der Waals surface area (Å²) < 4.78 is 5.18. The van der Waals surface area contributed by atoms with Crippen LogP contribution in [-0.4, -0.2) is 78.9 Å². The van der Waals surface area contributed by atoms with Gasteiger partial charge in [0.2, 0.25) is 11.8 Å². The van der Waals surface area contributed by atoms with Gasteiger partial charge in [0.1, 0.15) is 6.04 Å². The Hall–Kier alpha value is -2.94. The molecule has 1 aliphatic rings. The highest BCUT2D eigenvalue weighted by atomic mass is 16.5. The zero-order chi connectivity index (χ0) is 24.9. The third kappa shape index (κ3) is 8.44. The highest BCUT2D eigenvalue weighted by Crippen LogP contribution is 2.14. The summed E-state index contributed by atoms with van der Waals surface area (Å²) in [6.45, 7) is 8.69. The third-order valence-electron chi connectivity index (χ3n) is 5.60. The highest BCUT2D eigenvalue weighted by molar-refractivity contribution is 5.96. The van der Waals surface area contributed by atoms with Crippen molar-refractivity contribution in [2.45, 2.75) is 58.9 Å². The third-order valence-corrected chi connectivity index (χ3v) is 5.60. The molecule has 0 saturated carbocycles. The number of carbonyl (C=O) groups excluding carboxylic acids is 4. The molecule has 0 spiro atoms. The number of carbonyl (C=O) groups is 4. The lowest BCUT2D eigenvalue weighted by molar-refractivity contribution is -0.149. The van der Waals surface area contributed by atoms with Crippen LogP contribution in [0.4, 0.5) is 5.69 Å². The lowest BCUT2D eigenvalue weighted by atomic mass is 10.1.